The van der Waals surface area contributed by atoms with Gasteiger partial charge in [0.25, 0.3) is 0 Å². The number of para-hydroxylation sites is 1. The van der Waals surface area contributed by atoms with Crippen LogP contribution in [0.2, 0.25) is 0 Å². The second-order valence-electron chi connectivity index (χ2n) is 4.52. The van der Waals surface area contributed by atoms with Crippen LogP contribution in [0.1, 0.15) is 11.1 Å². The van der Waals surface area contributed by atoms with Crippen LogP contribution in [0.4, 0.5) is 0 Å². The Morgan fingerprint density at radius 2 is 1.76 bits per heavy atom. The molecular weight excluding hydrogens is 268 g/mol. The molecule has 4 nitrogen and oxygen atoms in total. The summed E-state index contributed by atoms with van der Waals surface area (Å²) in [7, 11) is 2.92. The molecule has 0 radical (unpaired) electrons. The van der Waals surface area contributed by atoms with E-state index in [2.05, 4.69) is 0 Å². The first-order chi connectivity index (χ1) is 10.2. The molecular formula is C17H14O4. The van der Waals surface area contributed by atoms with E-state index in [4.69, 9.17) is 14.2 Å². The van der Waals surface area contributed by atoms with Gasteiger partial charge in [0.05, 0.1) is 25.4 Å². The topological polar surface area (TPSA) is 44.8 Å². The highest BCUT2D eigenvalue weighted by Gasteiger charge is 2.25. The second kappa shape index (κ2) is 5.32. The minimum Gasteiger partial charge on any atom is -0.496 e. The molecule has 0 fully saturated rings. The fraction of sp³-hybridized carbons (Fsp3) is 0.118. The summed E-state index contributed by atoms with van der Waals surface area (Å²) in [6, 6.07) is 12.9. The molecule has 1 aliphatic heterocycles. The zero-order valence-electron chi connectivity index (χ0n) is 11.8. The lowest BCUT2D eigenvalue weighted by Crippen LogP contribution is -2.05. The van der Waals surface area contributed by atoms with Crippen LogP contribution in [0.3, 0.4) is 0 Å². The summed E-state index contributed by atoms with van der Waals surface area (Å²) in [6.07, 6.45) is 1.76. The number of fused-ring (bicyclic) bond motifs is 2. The number of methoxy groups -OCH3 is 2. The molecule has 0 N–H and O–H groups in total. The van der Waals surface area contributed by atoms with Crippen molar-refractivity contribution in [1.29, 1.82) is 0 Å². The molecule has 0 amide bonds. The Hall–Kier alpha value is -2.75. The van der Waals surface area contributed by atoms with Crippen LogP contribution in [-0.2, 0) is 9.53 Å². The zero-order valence-corrected chi connectivity index (χ0v) is 11.8. The fourth-order valence-electron chi connectivity index (χ4n) is 2.34. The Morgan fingerprint density at radius 1 is 1.00 bits per heavy atom. The largest absolute Gasteiger partial charge is 0.496 e. The van der Waals surface area contributed by atoms with Gasteiger partial charge in [-0.15, -0.1) is 0 Å². The van der Waals surface area contributed by atoms with Crippen LogP contribution in [0.15, 0.2) is 42.5 Å². The van der Waals surface area contributed by atoms with Gasteiger partial charge in [-0.25, -0.2) is 4.79 Å². The van der Waals surface area contributed by atoms with Gasteiger partial charge in [-0.05, 0) is 24.3 Å². The Balaban J connectivity index is 2.30. The smallest absolute Gasteiger partial charge is 0.338 e. The first kappa shape index (κ1) is 13.2. The number of carbonyl (C=O) groups excluding carboxylic acids is 1. The summed E-state index contributed by atoms with van der Waals surface area (Å²) in [6.45, 7) is 0. The molecule has 2 aromatic carbocycles. The molecule has 1 heterocycles. The summed E-state index contributed by atoms with van der Waals surface area (Å²) in [5.41, 5.74) is 1.83. The quantitative estimate of drug-likeness (QED) is 0.791. The van der Waals surface area contributed by atoms with E-state index in [0.29, 0.717) is 28.4 Å². The highest BCUT2D eigenvalue weighted by molar-refractivity contribution is 6.23. The van der Waals surface area contributed by atoms with Gasteiger partial charge in [0.2, 0.25) is 0 Å². The van der Waals surface area contributed by atoms with E-state index in [1.165, 1.54) is 7.11 Å². The van der Waals surface area contributed by atoms with Gasteiger partial charge >= 0.3 is 5.97 Å². The Labute approximate surface area is 122 Å². The van der Waals surface area contributed by atoms with Gasteiger partial charge in [0.1, 0.15) is 17.2 Å². The van der Waals surface area contributed by atoms with Crippen LogP contribution in [0.5, 0.6) is 17.2 Å². The van der Waals surface area contributed by atoms with Crippen molar-refractivity contribution < 1.29 is 19.0 Å². The van der Waals surface area contributed by atoms with Gasteiger partial charge in [-0.1, -0.05) is 24.3 Å². The van der Waals surface area contributed by atoms with Crippen LogP contribution < -0.4 is 9.47 Å². The van der Waals surface area contributed by atoms with Crippen molar-refractivity contribution in [2.75, 3.05) is 14.2 Å². The van der Waals surface area contributed by atoms with Crippen molar-refractivity contribution in [3.8, 4) is 17.2 Å². The van der Waals surface area contributed by atoms with E-state index in [9.17, 15) is 4.79 Å². The van der Waals surface area contributed by atoms with E-state index in [1.54, 1.807) is 25.3 Å². The predicted octanol–water partition coefficient (Wildman–Crippen LogP) is 3.51. The van der Waals surface area contributed by atoms with Crippen LogP contribution >= 0.6 is 0 Å². The molecule has 0 aromatic heterocycles. The average Bonchev–Trinajstić information content (AvgIpc) is 2.70. The molecule has 0 aliphatic carbocycles. The maximum absolute atomic E-state index is 12.2. The van der Waals surface area contributed by atoms with Gasteiger partial charge in [-0.2, -0.15) is 0 Å². The molecule has 0 spiro atoms. The van der Waals surface area contributed by atoms with Crippen LogP contribution in [0, 0.1) is 0 Å². The molecule has 0 atom stereocenters. The number of esters is 1. The highest BCUT2D eigenvalue weighted by Crippen LogP contribution is 2.42. The molecule has 0 unspecified atom stereocenters. The van der Waals surface area contributed by atoms with Crippen LogP contribution in [0.25, 0.3) is 11.6 Å². The van der Waals surface area contributed by atoms with Crippen molar-refractivity contribution in [3.63, 3.8) is 0 Å². The third kappa shape index (κ3) is 2.25. The van der Waals surface area contributed by atoms with Crippen molar-refractivity contribution in [2.24, 2.45) is 0 Å². The van der Waals surface area contributed by atoms with E-state index in [-0.39, 0.29) is 0 Å². The maximum atomic E-state index is 12.2. The Morgan fingerprint density at radius 3 is 2.52 bits per heavy atom. The molecule has 106 valence electrons. The first-order valence-electron chi connectivity index (χ1n) is 6.49. The molecule has 0 saturated carbocycles. The van der Waals surface area contributed by atoms with Gasteiger partial charge < -0.3 is 14.2 Å². The molecule has 3 rings (SSSR count). The predicted molar refractivity (Wildman–Crippen MR) is 79.4 cm³/mol. The average molecular weight is 282 g/mol. The highest BCUT2D eigenvalue weighted by atomic mass is 16.5. The second-order valence-corrected chi connectivity index (χ2v) is 4.52. The van der Waals surface area contributed by atoms with E-state index < -0.39 is 5.97 Å². The fourth-order valence-corrected chi connectivity index (χ4v) is 2.34. The van der Waals surface area contributed by atoms with Gasteiger partial charge in [0.15, 0.2) is 0 Å². The minimum atomic E-state index is -0.430. The molecule has 4 heteroatoms. The summed E-state index contributed by atoms with van der Waals surface area (Å²) in [4.78, 5) is 12.2. The van der Waals surface area contributed by atoms with Gasteiger partial charge in [0, 0.05) is 5.56 Å². The summed E-state index contributed by atoms with van der Waals surface area (Å²) < 4.78 is 16.2. The Kier molecular flexibility index (Phi) is 3.36. The number of hydrogen-bond donors (Lipinski definition) is 0. The minimum absolute atomic E-state index is 0.412. The molecule has 1 aliphatic rings. The number of benzene rings is 2. The van der Waals surface area contributed by atoms with E-state index >= 15 is 0 Å². The maximum Gasteiger partial charge on any atom is 0.338 e. The SMILES string of the molecule is COC(=O)C1=Cc2ccccc2Oc2cccc(OC)c21. The van der Waals surface area contributed by atoms with E-state index in [0.717, 1.165) is 5.56 Å². The van der Waals surface area contributed by atoms with Crippen molar-refractivity contribution in [1.82, 2.24) is 0 Å². The Bertz CT molecular complexity index is 731. The lowest BCUT2D eigenvalue weighted by atomic mass is 10.0. The standard InChI is InChI=1S/C17H14O4/c1-19-14-8-5-9-15-16(14)12(17(18)20-2)10-11-6-3-4-7-13(11)21-15/h3-10H,1-2H3. The van der Waals surface area contributed by atoms with Crippen molar-refractivity contribution in [3.05, 3.63) is 53.6 Å². The molecule has 2 aromatic rings. The first-order valence-corrected chi connectivity index (χ1v) is 6.49. The van der Waals surface area contributed by atoms with Crippen LogP contribution in [-0.4, -0.2) is 20.2 Å². The summed E-state index contributed by atoms with van der Waals surface area (Å²) in [5.74, 6) is 1.39. The third-order valence-electron chi connectivity index (χ3n) is 3.32. The zero-order chi connectivity index (χ0) is 14.8. The number of carbonyl (C=O) groups is 1. The molecule has 0 saturated heterocycles. The number of hydrogen-bond acceptors (Lipinski definition) is 4. The summed E-state index contributed by atoms with van der Waals surface area (Å²) in [5, 5.41) is 0. The van der Waals surface area contributed by atoms with E-state index in [1.807, 2.05) is 30.3 Å². The van der Waals surface area contributed by atoms with Gasteiger partial charge in [-0.3, -0.25) is 0 Å². The normalized spacial score (nSPS) is 12.2. The summed E-state index contributed by atoms with van der Waals surface area (Å²) >= 11 is 0. The molecule has 0 bridgehead atoms. The lowest BCUT2D eigenvalue weighted by molar-refractivity contribution is -0.133. The molecule has 21 heavy (non-hydrogen) atoms. The number of ether oxygens (including phenoxy) is 3. The lowest BCUT2D eigenvalue weighted by Gasteiger charge is -2.13. The third-order valence-corrected chi connectivity index (χ3v) is 3.32. The van der Waals surface area contributed by atoms with Crippen molar-refractivity contribution >= 4 is 17.6 Å². The van der Waals surface area contributed by atoms with Crippen molar-refractivity contribution in [2.45, 2.75) is 0 Å². The number of rotatable bonds is 2. The monoisotopic (exact) mass is 282 g/mol.